The lowest BCUT2D eigenvalue weighted by molar-refractivity contribution is -0.0101. The summed E-state index contributed by atoms with van der Waals surface area (Å²) in [4.78, 5) is 2.46. The number of nitrogens with zero attached hydrogens (tertiary/aromatic N) is 1. The van der Waals surface area contributed by atoms with E-state index in [0.717, 1.165) is 36.1 Å². The Morgan fingerprint density at radius 1 is 1.04 bits per heavy atom. The molecule has 6 rings (SSSR count). The van der Waals surface area contributed by atoms with Crippen LogP contribution in [0.2, 0.25) is 0 Å². The van der Waals surface area contributed by atoms with Crippen molar-refractivity contribution in [2.75, 3.05) is 13.6 Å². The quantitative estimate of drug-likeness (QED) is 0.538. The average Bonchev–Trinajstić information content (AvgIpc) is 2.99. The first kappa shape index (κ1) is 16.1. The fourth-order valence-corrected chi connectivity index (χ4v) is 5.21. The molecule has 0 N–H and O–H groups in total. The zero-order valence-electron chi connectivity index (χ0n) is 16.0. The van der Waals surface area contributed by atoms with Gasteiger partial charge < -0.3 is 4.42 Å². The lowest BCUT2D eigenvalue weighted by Crippen LogP contribution is -2.49. The normalized spacial score (nSPS) is 24.1. The van der Waals surface area contributed by atoms with Crippen LogP contribution >= 0.6 is 0 Å². The maximum Gasteiger partial charge on any atom is 0.135 e. The van der Waals surface area contributed by atoms with Gasteiger partial charge in [-0.3, -0.25) is 4.90 Å². The molecule has 0 unspecified atom stereocenters. The van der Waals surface area contributed by atoms with Crippen molar-refractivity contribution in [3.8, 4) is 0 Å². The fourth-order valence-electron chi connectivity index (χ4n) is 5.21. The van der Waals surface area contributed by atoms with Gasteiger partial charge in [-0.15, -0.1) is 0 Å². The van der Waals surface area contributed by atoms with Gasteiger partial charge in [0.2, 0.25) is 0 Å². The van der Waals surface area contributed by atoms with E-state index in [1.165, 1.54) is 29.2 Å². The third-order valence-electron chi connectivity index (χ3n) is 6.93. The van der Waals surface area contributed by atoms with Gasteiger partial charge in [-0.2, -0.15) is 0 Å². The number of likely N-dealkylation sites (N-methyl/N-ethyl adjacent to an activating group) is 1. The monoisotopic (exact) mass is 345 g/mol. The van der Waals surface area contributed by atoms with Crippen LogP contribution in [0.1, 0.15) is 32.3 Å². The molecule has 0 radical (unpaired) electrons. The zero-order valence-corrected chi connectivity index (χ0v) is 16.0. The predicted molar refractivity (Wildman–Crippen MR) is 108 cm³/mol. The van der Waals surface area contributed by atoms with Gasteiger partial charge >= 0.3 is 0 Å². The highest BCUT2D eigenvalue weighted by Gasteiger charge is 2.50. The summed E-state index contributed by atoms with van der Waals surface area (Å²) >= 11 is 0. The fraction of sp³-hybridized carbons (Fsp3) is 0.417. The van der Waals surface area contributed by atoms with Gasteiger partial charge in [0.15, 0.2) is 0 Å². The molecule has 1 heterocycles. The highest BCUT2D eigenvalue weighted by molar-refractivity contribution is 6.04. The van der Waals surface area contributed by atoms with Gasteiger partial charge in [0.25, 0.3) is 0 Å². The summed E-state index contributed by atoms with van der Waals surface area (Å²) in [5.41, 5.74) is 5.49. The molecule has 134 valence electrons. The second-order valence-electron chi connectivity index (χ2n) is 8.92. The number of para-hydroxylation sites is 1. The number of hydrogen-bond acceptors (Lipinski definition) is 2. The van der Waals surface area contributed by atoms with Gasteiger partial charge in [-0.05, 0) is 60.9 Å². The van der Waals surface area contributed by atoms with Crippen LogP contribution in [0.25, 0.3) is 21.9 Å². The number of furan rings is 1. The largest absolute Gasteiger partial charge is 0.456 e. The number of allylic oxidation sites excluding steroid dienone is 1. The first-order valence-corrected chi connectivity index (χ1v) is 9.80. The Labute approximate surface area is 155 Å². The molecule has 0 amide bonds. The minimum Gasteiger partial charge on any atom is -0.456 e. The van der Waals surface area contributed by atoms with E-state index in [9.17, 15) is 0 Å². The minimum absolute atomic E-state index is 0.513. The third-order valence-corrected chi connectivity index (χ3v) is 6.93. The van der Waals surface area contributed by atoms with Crippen molar-refractivity contribution in [2.24, 2.45) is 17.3 Å². The number of fused-ring (bicyclic) bond motifs is 4. The van der Waals surface area contributed by atoms with E-state index in [0.29, 0.717) is 5.41 Å². The first-order chi connectivity index (χ1) is 12.5. The van der Waals surface area contributed by atoms with Gasteiger partial charge in [-0.1, -0.05) is 49.8 Å². The molecule has 2 nitrogen and oxygen atoms in total. The molecule has 2 aromatic carbocycles. The molecule has 0 saturated heterocycles. The Balaban J connectivity index is 1.36. The molecular weight excluding hydrogens is 318 g/mol. The van der Waals surface area contributed by atoms with E-state index >= 15 is 0 Å². The highest BCUT2D eigenvalue weighted by Crippen LogP contribution is 2.59. The van der Waals surface area contributed by atoms with Crippen LogP contribution in [0, 0.1) is 17.3 Å². The molecule has 0 aliphatic heterocycles. The maximum absolute atomic E-state index is 5.95. The molecule has 1 aromatic heterocycles. The molecule has 26 heavy (non-hydrogen) atoms. The molecule has 0 spiro atoms. The lowest BCUT2D eigenvalue weighted by Gasteiger charge is -2.57. The van der Waals surface area contributed by atoms with Crippen LogP contribution in [-0.2, 0) is 6.54 Å². The van der Waals surface area contributed by atoms with E-state index in [1.807, 2.05) is 12.1 Å². The van der Waals surface area contributed by atoms with Crippen molar-refractivity contribution in [3.63, 3.8) is 0 Å². The molecule has 2 bridgehead atoms. The zero-order chi connectivity index (χ0) is 17.9. The molecule has 3 aliphatic rings. The molecule has 1 saturated carbocycles. The van der Waals surface area contributed by atoms with Crippen molar-refractivity contribution in [2.45, 2.75) is 33.2 Å². The van der Waals surface area contributed by atoms with E-state index in [-0.39, 0.29) is 0 Å². The summed E-state index contributed by atoms with van der Waals surface area (Å²) < 4.78 is 5.95. The first-order valence-electron chi connectivity index (χ1n) is 9.80. The average molecular weight is 345 g/mol. The Bertz CT molecular complexity index is 1010. The molecule has 2 heteroatoms. The molecular formula is C24H27NO. The van der Waals surface area contributed by atoms with Crippen molar-refractivity contribution in [1.29, 1.82) is 0 Å². The van der Waals surface area contributed by atoms with Crippen molar-refractivity contribution >= 4 is 21.9 Å². The van der Waals surface area contributed by atoms with Gasteiger partial charge in [0.05, 0.1) is 0 Å². The van der Waals surface area contributed by atoms with Crippen LogP contribution in [-0.4, -0.2) is 18.5 Å². The predicted octanol–water partition coefficient (Wildman–Crippen LogP) is 6.01. The third kappa shape index (κ3) is 2.43. The maximum atomic E-state index is 5.95. The Hall–Kier alpha value is -2.06. The number of rotatable bonds is 4. The summed E-state index contributed by atoms with van der Waals surface area (Å²) in [5.74, 6) is 1.71. The second-order valence-corrected chi connectivity index (χ2v) is 8.92. The van der Waals surface area contributed by atoms with Crippen LogP contribution < -0.4 is 0 Å². The van der Waals surface area contributed by atoms with E-state index in [4.69, 9.17) is 4.42 Å². The van der Waals surface area contributed by atoms with Crippen LogP contribution in [0.3, 0.4) is 0 Å². The van der Waals surface area contributed by atoms with Gasteiger partial charge in [-0.25, -0.2) is 0 Å². The molecule has 1 fully saturated rings. The minimum atomic E-state index is 0.513. The van der Waals surface area contributed by atoms with Crippen molar-refractivity contribution in [3.05, 3.63) is 59.7 Å². The summed E-state index contributed by atoms with van der Waals surface area (Å²) in [6, 6.07) is 14.9. The Morgan fingerprint density at radius 3 is 2.65 bits per heavy atom. The highest BCUT2D eigenvalue weighted by atomic mass is 16.3. The van der Waals surface area contributed by atoms with Gasteiger partial charge in [0, 0.05) is 23.9 Å². The molecule has 2 atom stereocenters. The van der Waals surface area contributed by atoms with Crippen LogP contribution in [0.15, 0.2) is 58.5 Å². The lowest BCUT2D eigenvalue weighted by atomic mass is 9.49. The van der Waals surface area contributed by atoms with Crippen molar-refractivity contribution < 1.29 is 4.42 Å². The number of hydrogen-bond donors (Lipinski definition) is 0. The van der Waals surface area contributed by atoms with Crippen LogP contribution in [0.4, 0.5) is 0 Å². The Morgan fingerprint density at radius 2 is 1.85 bits per heavy atom. The SMILES string of the molecule is CN(CC1=CC[C@H]2C[C@@H]1C2(C)C)Cc1ccc2oc3ccccc3c2c1. The van der Waals surface area contributed by atoms with E-state index < -0.39 is 0 Å². The Kier molecular flexibility index (Phi) is 3.55. The van der Waals surface area contributed by atoms with Gasteiger partial charge in [0.1, 0.15) is 11.2 Å². The molecule has 3 aromatic rings. The number of benzene rings is 2. The van der Waals surface area contributed by atoms with Crippen molar-refractivity contribution in [1.82, 2.24) is 4.90 Å². The summed E-state index contributed by atoms with van der Waals surface area (Å²) in [6.45, 7) is 6.97. The summed E-state index contributed by atoms with van der Waals surface area (Å²) in [7, 11) is 2.25. The molecule has 3 aliphatic carbocycles. The standard InChI is InChI=1S/C24H27NO/c1-24(2)18-10-9-17(21(24)13-18)15-25(3)14-16-8-11-23-20(12-16)19-6-4-5-7-22(19)26-23/h4-9,11-12,18,21H,10,13-15H2,1-3H3/t18-,21-/m0/s1. The second kappa shape index (κ2) is 5.72. The topological polar surface area (TPSA) is 16.4 Å². The summed E-state index contributed by atoms with van der Waals surface area (Å²) in [6.07, 6.45) is 5.20. The van der Waals surface area contributed by atoms with E-state index in [2.05, 4.69) is 62.2 Å². The summed E-state index contributed by atoms with van der Waals surface area (Å²) in [5, 5.41) is 2.44. The smallest absolute Gasteiger partial charge is 0.135 e. The van der Waals surface area contributed by atoms with E-state index in [1.54, 1.807) is 5.57 Å². The van der Waals surface area contributed by atoms with Crippen LogP contribution in [0.5, 0.6) is 0 Å².